The smallest absolute Gasteiger partial charge is 0.416 e. The van der Waals surface area contributed by atoms with Gasteiger partial charge in [0, 0.05) is 22.4 Å². The Morgan fingerprint density at radius 1 is 0.972 bits per heavy atom. The van der Waals surface area contributed by atoms with Crippen LogP contribution in [0, 0.1) is 0 Å². The summed E-state index contributed by atoms with van der Waals surface area (Å²) in [5, 5.41) is 0.153. The lowest BCUT2D eigenvalue weighted by molar-refractivity contribution is -0.137. The number of nitrogens with zero attached hydrogens (tertiary/aromatic N) is 1. The van der Waals surface area contributed by atoms with Gasteiger partial charge < -0.3 is 4.74 Å². The van der Waals surface area contributed by atoms with Crippen LogP contribution in [-0.4, -0.2) is 25.5 Å². The van der Waals surface area contributed by atoms with E-state index in [1.54, 1.807) is 24.3 Å². The van der Waals surface area contributed by atoms with Gasteiger partial charge in [0.15, 0.2) is 0 Å². The normalized spacial score (nSPS) is 12.8. The molecule has 2 heterocycles. The molecule has 5 nitrogen and oxygen atoms in total. The van der Waals surface area contributed by atoms with Crippen LogP contribution < -0.4 is 0 Å². The number of alkyl halides is 3. The summed E-state index contributed by atoms with van der Waals surface area (Å²) in [5.41, 5.74) is 0.0557. The van der Waals surface area contributed by atoms with Crippen molar-refractivity contribution < 1.29 is 31.1 Å². The van der Waals surface area contributed by atoms with Crippen molar-refractivity contribution in [3.8, 4) is 0 Å². The summed E-state index contributed by atoms with van der Waals surface area (Å²) in [7, 11) is -2.91. The van der Waals surface area contributed by atoms with Gasteiger partial charge in [-0.15, -0.1) is 11.3 Å². The van der Waals surface area contributed by atoms with Crippen molar-refractivity contribution in [1.29, 1.82) is 0 Å². The molecule has 0 aliphatic heterocycles. The molecule has 4 aromatic rings. The number of carbonyl (C=O) groups is 1. The fraction of sp³-hybridized carbons (Fsp3) is 0.269. The van der Waals surface area contributed by atoms with E-state index in [-0.39, 0.29) is 33.3 Å². The largest absolute Gasteiger partial charge is 0.465 e. The summed E-state index contributed by atoms with van der Waals surface area (Å²) in [6.07, 6.45) is -4.48. The van der Waals surface area contributed by atoms with E-state index in [9.17, 15) is 26.4 Å². The second kappa shape index (κ2) is 9.08. The molecule has 0 saturated heterocycles. The van der Waals surface area contributed by atoms with E-state index in [1.165, 1.54) is 25.3 Å². The molecule has 10 heteroatoms. The van der Waals surface area contributed by atoms with Gasteiger partial charge in [0.2, 0.25) is 0 Å². The number of ether oxygens (including phenoxy) is 1. The van der Waals surface area contributed by atoms with E-state index in [4.69, 9.17) is 4.74 Å². The molecular formula is C26H24F3NO4S2. The van der Waals surface area contributed by atoms with Crippen molar-refractivity contribution >= 4 is 38.2 Å². The number of halogens is 3. The second-order valence-electron chi connectivity index (χ2n) is 9.39. The standard InChI is InChI=1S/C26H24F3NO4S2/c1-25(2,3)17-6-5-7-21(14-17)36(32,33)30-19(15-20-9-11-23(35-20)24(31)34-4)13-16-12-18(26(27,28)29)8-10-22(16)30/h5-14H,15H2,1-4H3. The summed E-state index contributed by atoms with van der Waals surface area (Å²) < 4.78 is 73.8. The molecule has 0 N–H and O–H groups in total. The van der Waals surface area contributed by atoms with E-state index in [0.29, 0.717) is 9.75 Å². The van der Waals surface area contributed by atoms with Crippen LogP contribution >= 0.6 is 11.3 Å². The average Bonchev–Trinajstić information content (AvgIpc) is 3.41. The molecular weight excluding hydrogens is 511 g/mol. The van der Waals surface area contributed by atoms with E-state index in [1.807, 2.05) is 26.8 Å². The Morgan fingerprint density at radius 3 is 2.33 bits per heavy atom. The number of carbonyl (C=O) groups excluding carboxylic acids is 1. The fourth-order valence-electron chi connectivity index (χ4n) is 3.92. The highest BCUT2D eigenvalue weighted by Crippen LogP contribution is 2.35. The number of thiophene rings is 1. The van der Waals surface area contributed by atoms with Gasteiger partial charge in [-0.3, -0.25) is 0 Å². The van der Waals surface area contributed by atoms with Crippen LogP contribution in [0.4, 0.5) is 13.2 Å². The van der Waals surface area contributed by atoms with Crippen LogP contribution in [0.25, 0.3) is 10.9 Å². The summed E-state index contributed by atoms with van der Waals surface area (Å²) in [4.78, 5) is 12.9. The Kier molecular flexibility index (Phi) is 6.55. The fourth-order valence-corrected chi connectivity index (χ4v) is 6.45. The van der Waals surface area contributed by atoms with Crippen molar-refractivity contribution in [2.75, 3.05) is 7.11 Å². The second-order valence-corrected chi connectivity index (χ2v) is 12.3. The molecule has 4 rings (SSSR count). The first-order chi connectivity index (χ1) is 16.7. The number of esters is 1. The molecule has 0 unspecified atom stereocenters. The van der Waals surface area contributed by atoms with Crippen molar-refractivity contribution in [2.24, 2.45) is 0 Å². The van der Waals surface area contributed by atoms with Crippen molar-refractivity contribution in [3.05, 3.63) is 87.2 Å². The molecule has 0 aliphatic rings. The van der Waals surface area contributed by atoms with Gasteiger partial charge in [0.25, 0.3) is 10.0 Å². The third-order valence-corrected chi connectivity index (χ3v) is 8.63. The SMILES string of the molecule is COC(=O)c1ccc(Cc2cc3cc(C(F)(F)F)ccc3n2S(=O)(=O)c2cccc(C(C)(C)C)c2)s1. The van der Waals surface area contributed by atoms with Gasteiger partial charge in [0.05, 0.1) is 23.1 Å². The van der Waals surface area contributed by atoms with E-state index < -0.39 is 27.7 Å². The van der Waals surface area contributed by atoms with E-state index in [0.717, 1.165) is 33.0 Å². The van der Waals surface area contributed by atoms with Crippen LogP contribution in [0.3, 0.4) is 0 Å². The maximum atomic E-state index is 13.9. The van der Waals surface area contributed by atoms with Crippen molar-refractivity contribution in [1.82, 2.24) is 3.97 Å². The molecule has 0 aliphatic carbocycles. The number of benzene rings is 2. The van der Waals surface area contributed by atoms with Gasteiger partial charge in [-0.2, -0.15) is 13.2 Å². The summed E-state index contributed by atoms with van der Waals surface area (Å²) in [6.45, 7) is 5.89. The zero-order chi connectivity index (χ0) is 26.5. The zero-order valence-corrected chi connectivity index (χ0v) is 21.6. The molecule has 0 atom stereocenters. The number of methoxy groups -OCH3 is 1. The van der Waals surface area contributed by atoms with Crippen LogP contribution in [-0.2, 0) is 32.8 Å². The van der Waals surface area contributed by atoms with Gasteiger partial charge in [-0.25, -0.2) is 17.2 Å². The van der Waals surface area contributed by atoms with Crippen LogP contribution in [0.2, 0.25) is 0 Å². The van der Waals surface area contributed by atoms with Gasteiger partial charge in [-0.05, 0) is 59.5 Å². The molecule has 36 heavy (non-hydrogen) atoms. The van der Waals surface area contributed by atoms with Crippen LogP contribution in [0.1, 0.15) is 52.1 Å². The summed E-state index contributed by atoms with van der Waals surface area (Å²) in [6, 6.07) is 14.3. The van der Waals surface area contributed by atoms with Gasteiger partial charge in [-0.1, -0.05) is 32.9 Å². The van der Waals surface area contributed by atoms with Crippen LogP contribution in [0.5, 0.6) is 0 Å². The number of aromatic nitrogens is 1. The predicted octanol–water partition coefficient (Wildman–Crippen LogP) is 6.63. The average molecular weight is 536 g/mol. The quantitative estimate of drug-likeness (QED) is 0.269. The molecule has 0 radical (unpaired) electrons. The topological polar surface area (TPSA) is 65.4 Å². The lowest BCUT2D eigenvalue weighted by Crippen LogP contribution is -2.18. The summed E-state index contributed by atoms with van der Waals surface area (Å²) in [5.74, 6) is -0.520. The van der Waals surface area contributed by atoms with Crippen molar-refractivity contribution in [3.63, 3.8) is 0 Å². The molecule has 0 saturated carbocycles. The molecule has 0 amide bonds. The maximum Gasteiger partial charge on any atom is 0.416 e. The predicted molar refractivity (Wildman–Crippen MR) is 133 cm³/mol. The van der Waals surface area contributed by atoms with Gasteiger partial charge >= 0.3 is 12.1 Å². The lowest BCUT2D eigenvalue weighted by Gasteiger charge is -2.20. The van der Waals surface area contributed by atoms with Gasteiger partial charge in [0.1, 0.15) is 4.88 Å². The number of rotatable bonds is 5. The first kappa shape index (κ1) is 26.0. The first-order valence-corrected chi connectivity index (χ1v) is 13.2. The highest BCUT2D eigenvalue weighted by Gasteiger charge is 2.32. The minimum atomic E-state index is -4.57. The highest BCUT2D eigenvalue weighted by molar-refractivity contribution is 7.90. The number of hydrogen-bond donors (Lipinski definition) is 0. The van der Waals surface area contributed by atoms with E-state index in [2.05, 4.69) is 0 Å². The third-order valence-electron chi connectivity index (χ3n) is 5.80. The Labute approximate surface area is 211 Å². The monoisotopic (exact) mass is 535 g/mol. The number of hydrogen-bond acceptors (Lipinski definition) is 5. The minimum absolute atomic E-state index is 0.0370. The highest BCUT2D eigenvalue weighted by atomic mass is 32.2. The third kappa shape index (κ3) is 4.92. The Morgan fingerprint density at radius 2 is 1.69 bits per heavy atom. The Hall–Kier alpha value is -3.11. The molecule has 2 aromatic heterocycles. The maximum absolute atomic E-state index is 13.9. The molecule has 2 aromatic carbocycles. The summed E-state index contributed by atoms with van der Waals surface area (Å²) >= 11 is 1.14. The zero-order valence-electron chi connectivity index (χ0n) is 20.0. The molecule has 0 fully saturated rings. The van der Waals surface area contributed by atoms with Crippen LogP contribution in [0.15, 0.2) is 65.6 Å². The Balaban J connectivity index is 1.91. The lowest BCUT2D eigenvalue weighted by atomic mass is 9.87. The first-order valence-electron chi connectivity index (χ1n) is 11.0. The minimum Gasteiger partial charge on any atom is -0.465 e. The molecule has 0 bridgehead atoms. The Bertz CT molecular complexity index is 1560. The van der Waals surface area contributed by atoms with Crippen molar-refractivity contribution in [2.45, 2.75) is 43.7 Å². The number of fused-ring (bicyclic) bond motifs is 1. The van der Waals surface area contributed by atoms with E-state index >= 15 is 0 Å². The molecule has 190 valence electrons. The molecule has 0 spiro atoms.